The molecule has 0 aliphatic rings. The molecule has 140 valence electrons. The highest BCUT2D eigenvalue weighted by Gasteiger charge is 2.30. The number of primary amides is 1. The molecule has 7 heteroatoms. The lowest BCUT2D eigenvalue weighted by Gasteiger charge is -2.11. The molecule has 0 saturated carbocycles. The maximum absolute atomic E-state index is 11.2. The van der Waals surface area contributed by atoms with Gasteiger partial charge in [0.05, 0.1) is 0 Å². The van der Waals surface area contributed by atoms with Gasteiger partial charge in [-0.1, -0.05) is 72.8 Å². The van der Waals surface area contributed by atoms with E-state index in [1.165, 1.54) is 12.1 Å². The van der Waals surface area contributed by atoms with Gasteiger partial charge >= 0.3 is 0 Å². The van der Waals surface area contributed by atoms with Crippen molar-refractivity contribution in [1.29, 1.82) is 0 Å². The minimum Gasteiger partial charge on any atom is -0.399 e. The van der Waals surface area contributed by atoms with Crippen molar-refractivity contribution in [3.8, 4) is 11.1 Å². The molecule has 5 N–H and O–H groups in total. The van der Waals surface area contributed by atoms with Crippen LogP contribution in [0, 0.1) is 0 Å². The van der Waals surface area contributed by atoms with Crippen LogP contribution in [0.2, 0.25) is 0 Å². The number of nitrogens with two attached hydrogens (primary N) is 2. The van der Waals surface area contributed by atoms with E-state index in [2.05, 4.69) is 0 Å². The second kappa shape index (κ2) is 8.98. The average Bonchev–Trinajstić information content (AvgIpc) is 2.63. The minimum atomic E-state index is -4.57. The Bertz CT molecular complexity index is 974. The first-order valence-corrected chi connectivity index (χ1v) is 9.51. The monoisotopic (exact) mass is 384 g/mol. The molecule has 3 rings (SSSR count). The fourth-order valence-electron chi connectivity index (χ4n) is 2.42. The van der Waals surface area contributed by atoms with Crippen LogP contribution in [0.15, 0.2) is 84.9 Å². The van der Waals surface area contributed by atoms with Gasteiger partial charge in [0.15, 0.2) is 5.25 Å². The van der Waals surface area contributed by atoms with Gasteiger partial charge in [0.2, 0.25) is 5.91 Å². The van der Waals surface area contributed by atoms with Crippen molar-refractivity contribution in [2.24, 2.45) is 5.73 Å². The van der Waals surface area contributed by atoms with Crippen molar-refractivity contribution < 1.29 is 17.8 Å². The van der Waals surface area contributed by atoms with Gasteiger partial charge in [-0.3, -0.25) is 9.35 Å². The van der Waals surface area contributed by atoms with E-state index in [9.17, 15) is 13.2 Å². The summed E-state index contributed by atoms with van der Waals surface area (Å²) in [5.41, 5.74) is 13.2. The molecule has 1 amide bonds. The Morgan fingerprint density at radius 2 is 1.22 bits per heavy atom. The van der Waals surface area contributed by atoms with Crippen LogP contribution < -0.4 is 11.5 Å². The van der Waals surface area contributed by atoms with Crippen LogP contribution in [0.3, 0.4) is 0 Å². The van der Waals surface area contributed by atoms with Crippen molar-refractivity contribution in [3.63, 3.8) is 0 Å². The van der Waals surface area contributed by atoms with E-state index in [0.717, 1.165) is 16.8 Å². The molecule has 1 atom stereocenters. The third-order valence-corrected chi connectivity index (χ3v) is 4.78. The van der Waals surface area contributed by atoms with E-state index in [4.69, 9.17) is 16.0 Å². The van der Waals surface area contributed by atoms with Crippen LogP contribution in [0.5, 0.6) is 0 Å². The van der Waals surface area contributed by atoms with E-state index in [0.29, 0.717) is 0 Å². The molecule has 0 aliphatic carbocycles. The number of benzene rings is 3. The van der Waals surface area contributed by atoms with Crippen LogP contribution in [0.4, 0.5) is 5.69 Å². The lowest BCUT2D eigenvalue weighted by atomic mass is 10.0. The summed E-state index contributed by atoms with van der Waals surface area (Å²) < 4.78 is 31.4. The number of anilines is 1. The standard InChI is InChI=1S/C14H13NO4S.C6H7N/c15-14(16)13(20(17,18)19)12-8-6-11(7-9-12)10-4-2-1-3-5-10;7-6-4-2-1-3-5-6/h1-9,13H,(H2,15,16)(H,17,18,19);1-5H,7H2. The largest absolute Gasteiger partial charge is 0.399 e. The molecule has 6 nitrogen and oxygen atoms in total. The topological polar surface area (TPSA) is 123 Å². The smallest absolute Gasteiger partial charge is 0.281 e. The lowest BCUT2D eigenvalue weighted by molar-refractivity contribution is -0.117. The van der Waals surface area contributed by atoms with E-state index >= 15 is 0 Å². The predicted molar refractivity (Wildman–Crippen MR) is 106 cm³/mol. The van der Waals surface area contributed by atoms with Crippen LogP contribution in [0.1, 0.15) is 10.8 Å². The first kappa shape index (κ1) is 20.2. The van der Waals surface area contributed by atoms with Gasteiger partial charge in [-0.25, -0.2) is 0 Å². The third-order valence-electron chi connectivity index (χ3n) is 3.68. The van der Waals surface area contributed by atoms with Gasteiger partial charge in [0.1, 0.15) is 0 Å². The number of carbonyl (C=O) groups excluding carboxylic acids is 1. The van der Waals surface area contributed by atoms with Gasteiger partial charge < -0.3 is 11.5 Å². The summed E-state index contributed by atoms with van der Waals surface area (Å²) >= 11 is 0. The number of nitrogen functional groups attached to an aromatic ring is 1. The van der Waals surface area contributed by atoms with Gasteiger partial charge in [0, 0.05) is 5.69 Å². The highest BCUT2D eigenvalue weighted by molar-refractivity contribution is 7.86. The Morgan fingerprint density at radius 3 is 1.59 bits per heavy atom. The zero-order chi connectivity index (χ0) is 19.9. The summed E-state index contributed by atoms with van der Waals surface area (Å²) in [6, 6.07) is 25.2. The maximum atomic E-state index is 11.2. The van der Waals surface area contributed by atoms with E-state index in [-0.39, 0.29) is 5.56 Å². The molecular formula is C20H20N2O4S. The molecule has 0 fully saturated rings. The first-order valence-electron chi connectivity index (χ1n) is 8.00. The molecule has 0 saturated heterocycles. The summed E-state index contributed by atoms with van der Waals surface area (Å²) in [4.78, 5) is 11.2. The Kier molecular flexibility index (Phi) is 6.70. The van der Waals surface area contributed by atoms with Crippen LogP contribution in [-0.4, -0.2) is 18.9 Å². The number of amides is 1. The quantitative estimate of drug-likeness (QED) is 0.471. The zero-order valence-electron chi connectivity index (χ0n) is 14.4. The normalized spacial score (nSPS) is 11.7. The van der Waals surface area contributed by atoms with Crippen LogP contribution in [-0.2, 0) is 14.9 Å². The molecule has 0 bridgehead atoms. The highest BCUT2D eigenvalue weighted by Crippen LogP contribution is 2.25. The number of rotatable bonds is 4. The predicted octanol–water partition coefficient (Wildman–Crippen LogP) is 3.04. The van der Waals surface area contributed by atoms with Crippen molar-refractivity contribution in [3.05, 3.63) is 90.5 Å². The van der Waals surface area contributed by atoms with Crippen molar-refractivity contribution in [2.75, 3.05) is 5.73 Å². The molecule has 1 unspecified atom stereocenters. The average molecular weight is 384 g/mol. The lowest BCUT2D eigenvalue weighted by Crippen LogP contribution is -2.28. The Labute approximate surface area is 158 Å². The molecule has 0 heterocycles. The number of hydrogen-bond acceptors (Lipinski definition) is 4. The van der Waals surface area contributed by atoms with Gasteiger partial charge in [-0.2, -0.15) is 8.42 Å². The summed E-state index contributed by atoms with van der Waals surface area (Å²) in [5.74, 6) is -1.11. The van der Waals surface area contributed by atoms with Crippen LogP contribution in [0.25, 0.3) is 11.1 Å². The van der Waals surface area contributed by atoms with Crippen molar-refractivity contribution in [1.82, 2.24) is 0 Å². The number of carbonyl (C=O) groups is 1. The van der Waals surface area contributed by atoms with Gasteiger partial charge in [-0.15, -0.1) is 0 Å². The molecule has 3 aromatic carbocycles. The Hall–Kier alpha value is -3.16. The van der Waals surface area contributed by atoms with Gasteiger partial charge in [-0.05, 0) is 28.8 Å². The molecule has 0 aliphatic heterocycles. The number of para-hydroxylation sites is 1. The summed E-state index contributed by atoms with van der Waals surface area (Å²) in [5, 5.41) is -1.74. The highest BCUT2D eigenvalue weighted by atomic mass is 32.2. The first-order chi connectivity index (χ1) is 12.8. The fourth-order valence-corrected chi connectivity index (χ4v) is 3.21. The second-order valence-electron chi connectivity index (χ2n) is 5.70. The summed E-state index contributed by atoms with van der Waals surface area (Å²) in [6.45, 7) is 0. The van der Waals surface area contributed by atoms with Crippen molar-refractivity contribution >= 4 is 21.7 Å². The van der Waals surface area contributed by atoms with Crippen molar-refractivity contribution in [2.45, 2.75) is 5.25 Å². The maximum Gasteiger partial charge on any atom is 0.281 e. The summed E-state index contributed by atoms with van der Waals surface area (Å²) in [7, 11) is -4.57. The molecule has 0 radical (unpaired) electrons. The number of hydrogen-bond donors (Lipinski definition) is 3. The van der Waals surface area contributed by atoms with E-state index in [1.807, 2.05) is 60.7 Å². The Morgan fingerprint density at radius 1 is 0.778 bits per heavy atom. The zero-order valence-corrected chi connectivity index (χ0v) is 15.2. The second-order valence-corrected chi connectivity index (χ2v) is 7.20. The van der Waals surface area contributed by atoms with E-state index < -0.39 is 21.3 Å². The van der Waals surface area contributed by atoms with Crippen LogP contribution >= 0.6 is 0 Å². The molecule has 0 aromatic heterocycles. The Balaban J connectivity index is 0.000000313. The van der Waals surface area contributed by atoms with E-state index in [1.54, 1.807) is 12.1 Å². The SMILES string of the molecule is NC(=O)C(c1ccc(-c2ccccc2)cc1)S(=O)(=O)O.Nc1ccccc1. The molecule has 0 spiro atoms. The molecule has 27 heavy (non-hydrogen) atoms. The fraction of sp³-hybridized carbons (Fsp3) is 0.0500. The molecular weight excluding hydrogens is 364 g/mol. The minimum absolute atomic E-state index is 0.139. The van der Waals surface area contributed by atoms with Gasteiger partial charge in [0.25, 0.3) is 10.1 Å². The summed E-state index contributed by atoms with van der Waals surface area (Å²) in [6.07, 6.45) is 0. The molecule has 3 aromatic rings. The third kappa shape index (κ3) is 5.95.